The maximum atomic E-state index is 11.6. The van der Waals surface area contributed by atoms with Crippen LogP contribution >= 0.6 is 15.9 Å². The van der Waals surface area contributed by atoms with Crippen molar-refractivity contribution in [3.05, 3.63) is 28.2 Å². The molecule has 0 aliphatic heterocycles. The monoisotopic (exact) mass is 328 g/mol. The lowest BCUT2D eigenvalue weighted by Gasteiger charge is -2.09. The standard InChI is InChI=1S/C13H17BrN2O3/c1-8-7-10(14)3-4-11(8)16-13(19)12(18)15-6-5-9(2)17/h3-4,7,9,17H,5-6H2,1-2H3,(H,15,18)(H,16,19). The Bertz CT molecular complexity index is 475. The number of benzene rings is 1. The summed E-state index contributed by atoms with van der Waals surface area (Å²) in [6.07, 6.45) is -0.0897. The summed E-state index contributed by atoms with van der Waals surface area (Å²) in [6, 6.07) is 5.36. The molecule has 0 aromatic heterocycles. The Morgan fingerprint density at radius 2 is 2.05 bits per heavy atom. The topological polar surface area (TPSA) is 78.4 Å². The molecular weight excluding hydrogens is 312 g/mol. The number of anilines is 1. The second kappa shape index (κ2) is 7.25. The smallest absolute Gasteiger partial charge is 0.313 e. The molecule has 3 N–H and O–H groups in total. The fourth-order valence-electron chi connectivity index (χ4n) is 1.42. The zero-order valence-electron chi connectivity index (χ0n) is 10.9. The average Bonchev–Trinajstić information content (AvgIpc) is 2.32. The van der Waals surface area contributed by atoms with Gasteiger partial charge in [0, 0.05) is 16.7 Å². The maximum absolute atomic E-state index is 11.6. The molecule has 0 aliphatic rings. The number of aryl methyl sites for hydroxylation is 1. The Morgan fingerprint density at radius 3 is 2.63 bits per heavy atom. The van der Waals surface area contributed by atoms with Crippen molar-refractivity contribution in [1.82, 2.24) is 5.32 Å². The van der Waals surface area contributed by atoms with Gasteiger partial charge in [0.25, 0.3) is 0 Å². The lowest BCUT2D eigenvalue weighted by Crippen LogP contribution is -2.36. The Kier molecular flexibility index (Phi) is 5.98. The van der Waals surface area contributed by atoms with E-state index >= 15 is 0 Å². The third-order valence-corrected chi connectivity index (χ3v) is 2.98. The van der Waals surface area contributed by atoms with Gasteiger partial charge in [-0.1, -0.05) is 15.9 Å². The minimum absolute atomic E-state index is 0.267. The molecule has 0 radical (unpaired) electrons. The summed E-state index contributed by atoms with van der Waals surface area (Å²) in [7, 11) is 0. The molecule has 0 saturated heterocycles. The summed E-state index contributed by atoms with van der Waals surface area (Å²) in [5.74, 6) is -1.42. The molecule has 1 aromatic carbocycles. The van der Waals surface area contributed by atoms with E-state index in [4.69, 9.17) is 5.11 Å². The molecule has 6 heteroatoms. The molecule has 0 aliphatic carbocycles. The lowest BCUT2D eigenvalue weighted by molar-refractivity contribution is -0.136. The van der Waals surface area contributed by atoms with Crippen LogP contribution in [0, 0.1) is 6.92 Å². The van der Waals surface area contributed by atoms with E-state index in [1.807, 2.05) is 13.0 Å². The molecule has 0 fully saturated rings. The third kappa shape index (κ3) is 5.40. The van der Waals surface area contributed by atoms with Crippen molar-refractivity contribution < 1.29 is 14.7 Å². The van der Waals surface area contributed by atoms with Crippen LogP contribution in [0.5, 0.6) is 0 Å². The van der Waals surface area contributed by atoms with Crippen molar-refractivity contribution in [2.24, 2.45) is 0 Å². The van der Waals surface area contributed by atoms with Crippen LogP contribution in [-0.4, -0.2) is 29.6 Å². The van der Waals surface area contributed by atoms with Crippen molar-refractivity contribution in [3.8, 4) is 0 Å². The summed E-state index contributed by atoms with van der Waals surface area (Å²) in [4.78, 5) is 23.1. The van der Waals surface area contributed by atoms with Gasteiger partial charge in [-0.05, 0) is 44.0 Å². The van der Waals surface area contributed by atoms with Gasteiger partial charge in [-0.3, -0.25) is 9.59 Å². The number of aliphatic hydroxyl groups is 1. The number of nitrogens with one attached hydrogen (secondary N) is 2. The maximum Gasteiger partial charge on any atom is 0.313 e. The number of halogens is 1. The molecule has 1 unspecified atom stereocenters. The van der Waals surface area contributed by atoms with Gasteiger partial charge in [0.1, 0.15) is 0 Å². The molecule has 0 spiro atoms. The number of carbonyl (C=O) groups is 2. The van der Waals surface area contributed by atoms with Crippen molar-refractivity contribution in [2.45, 2.75) is 26.4 Å². The van der Waals surface area contributed by atoms with Crippen molar-refractivity contribution in [1.29, 1.82) is 0 Å². The van der Waals surface area contributed by atoms with Crippen molar-refractivity contribution in [3.63, 3.8) is 0 Å². The van der Waals surface area contributed by atoms with Crippen LogP contribution in [0.1, 0.15) is 18.9 Å². The summed E-state index contributed by atoms with van der Waals surface area (Å²) in [5, 5.41) is 14.0. The Morgan fingerprint density at radius 1 is 1.37 bits per heavy atom. The van der Waals surface area contributed by atoms with Gasteiger partial charge < -0.3 is 15.7 Å². The van der Waals surface area contributed by atoms with E-state index in [0.717, 1.165) is 10.0 Å². The minimum Gasteiger partial charge on any atom is -0.393 e. The molecule has 19 heavy (non-hydrogen) atoms. The Balaban J connectivity index is 2.52. The Labute approximate surface area is 120 Å². The quantitative estimate of drug-likeness (QED) is 0.734. The normalized spacial score (nSPS) is 11.8. The Hall–Kier alpha value is -1.40. The first-order valence-corrected chi connectivity index (χ1v) is 6.73. The fourth-order valence-corrected chi connectivity index (χ4v) is 1.90. The highest BCUT2D eigenvalue weighted by Crippen LogP contribution is 2.19. The first-order chi connectivity index (χ1) is 8.90. The highest BCUT2D eigenvalue weighted by Gasteiger charge is 2.14. The van der Waals surface area contributed by atoms with E-state index < -0.39 is 17.9 Å². The van der Waals surface area contributed by atoms with Crippen LogP contribution in [0.25, 0.3) is 0 Å². The van der Waals surface area contributed by atoms with Gasteiger partial charge >= 0.3 is 11.8 Å². The van der Waals surface area contributed by atoms with E-state index in [0.29, 0.717) is 12.1 Å². The predicted octanol–water partition coefficient (Wildman–Crippen LogP) is 1.58. The third-order valence-electron chi connectivity index (χ3n) is 2.49. The van der Waals surface area contributed by atoms with Crippen LogP contribution in [0.3, 0.4) is 0 Å². The molecule has 5 nitrogen and oxygen atoms in total. The molecule has 2 amide bonds. The predicted molar refractivity (Wildman–Crippen MR) is 76.8 cm³/mol. The van der Waals surface area contributed by atoms with E-state index in [9.17, 15) is 9.59 Å². The van der Waals surface area contributed by atoms with Gasteiger partial charge in [0.05, 0.1) is 6.10 Å². The second-order valence-corrected chi connectivity index (χ2v) is 5.22. The number of hydrogen-bond acceptors (Lipinski definition) is 3. The van der Waals surface area contributed by atoms with Crippen molar-refractivity contribution in [2.75, 3.05) is 11.9 Å². The highest BCUT2D eigenvalue weighted by molar-refractivity contribution is 9.10. The molecule has 1 rings (SSSR count). The zero-order chi connectivity index (χ0) is 14.4. The van der Waals surface area contributed by atoms with Crippen LogP contribution in [0.15, 0.2) is 22.7 Å². The first-order valence-electron chi connectivity index (χ1n) is 5.93. The van der Waals surface area contributed by atoms with E-state index in [2.05, 4.69) is 26.6 Å². The SMILES string of the molecule is Cc1cc(Br)ccc1NC(=O)C(=O)NCCC(C)O. The second-order valence-electron chi connectivity index (χ2n) is 4.31. The number of carbonyl (C=O) groups excluding carboxylic acids is 2. The van der Waals surface area contributed by atoms with Gasteiger partial charge in [0.2, 0.25) is 0 Å². The zero-order valence-corrected chi connectivity index (χ0v) is 12.5. The number of hydrogen-bond donors (Lipinski definition) is 3. The number of rotatable bonds is 4. The molecule has 0 bridgehead atoms. The van der Waals surface area contributed by atoms with Crippen LogP contribution < -0.4 is 10.6 Å². The molecule has 0 heterocycles. The largest absolute Gasteiger partial charge is 0.393 e. The minimum atomic E-state index is -0.712. The summed E-state index contributed by atoms with van der Waals surface area (Å²) in [6.45, 7) is 3.73. The van der Waals surface area contributed by atoms with Crippen LogP contribution in [0.4, 0.5) is 5.69 Å². The van der Waals surface area contributed by atoms with E-state index in [1.54, 1.807) is 19.1 Å². The first kappa shape index (κ1) is 15.7. The van der Waals surface area contributed by atoms with Crippen LogP contribution in [0.2, 0.25) is 0 Å². The molecule has 0 saturated carbocycles. The van der Waals surface area contributed by atoms with Gasteiger partial charge in [0.15, 0.2) is 0 Å². The highest BCUT2D eigenvalue weighted by atomic mass is 79.9. The number of amides is 2. The summed E-state index contributed by atoms with van der Waals surface area (Å²) < 4.78 is 0.907. The summed E-state index contributed by atoms with van der Waals surface area (Å²) in [5.41, 5.74) is 1.46. The molecule has 1 aromatic rings. The summed E-state index contributed by atoms with van der Waals surface area (Å²) >= 11 is 3.32. The van der Waals surface area contributed by atoms with Gasteiger partial charge in [-0.25, -0.2) is 0 Å². The van der Waals surface area contributed by atoms with Gasteiger partial charge in [-0.2, -0.15) is 0 Å². The molecular formula is C13H17BrN2O3. The fraction of sp³-hybridized carbons (Fsp3) is 0.385. The average molecular weight is 329 g/mol. The van der Waals surface area contributed by atoms with Crippen molar-refractivity contribution >= 4 is 33.4 Å². The lowest BCUT2D eigenvalue weighted by atomic mass is 10.2. The van der Waals surface area contributed by atoms with E-state index in [1.165, 1.54) is 0 Å². The molecule has 104 valence electrons. The van der Waals surface area contributed by atoms with E-state index in [-0.39, 0.29) is 6.54 Å². The number of aliphatic hydroxyl groups excluding tert-OH is 1. The van der Waals surface area contributed by atoms with Crippen LogP contribution in [-0.2, 0) is 9.59 Å². The van der Waals surface area contributed by atoms with Gasteiger partial charge in [-0.15, -0.1) is 0 Å². The molecule has 1 atom stereocenters.